The van der Waals surface area contributed by atoms with Gasteiger partial charge in [-0.3, -0.25) is 0 Å². The Bertz CT molecular complexity index is 521. The summed E-state index contributed by atoms with van der Waals surface area (Å²) < 4.78 is 28.1. The van der Waals surface area contributed by atoms with Crippen molar-refractivity contribution in [1.82, 2.24) is 8.87 Å². The molecule has 1 rings (SSSR count). The van der Waals surface area contributed by atoms with Crippen LogP contribution in [0.4, 0.5) is 0 Å². The third kappa shape index (κ3) is 3.84. The molecule has 0 bridgehead atoms. The lowest BCUT2D eigenvalue weighted by Gasteiger charge is -2.16. The first-order valence-electron chi connectivity index (χ1n) is 7.12. The van der Waals surface area contributed by atoms with Crippen LogP contribution in [-0.2, 0) is 16.6 Å². The summed E-state index contributed by atoms with van der Waals surface area (Å²) in [5, 5.41) is 9.33. The van der Waals surface area contributed by atoms with Gasteiger partial charge >= 0.3 is 0 Å². The smallest absolute Gasteiger partial charge is 0.244 e. The van der Waals surface area contributed by atoms with E-state index in [1.54, 1.807) is 23.9 Å². The zero-order chi connectivity index (χ0) is 15.3. The van der Waals surface area contributed by atoms with Gasteiger partial charge in [0.1, 0.15) is 4.90 Å². The van der Waals surface area contributed by atoms with Gasteiger partial charge in [-0.2, -0.15) is 0 Å². The van der Waals surface area contributed by atoms with Crippen molar-refractivity contribution < 1.29 is 13.5 Å². The molecule has 1 N–H and O–H groups in total. The molecule has 1 aromatic heterocycles. The number of nitrogens with zero attached hydrogens (tertiary/aromatic N) is 2. The van der Waals surface area contributed by atoms with Gasteiger partial charge in [0.05, 0.1) is 6.61 Å². The van der Waals surface area contributed by atoms with Crippen molar-refractivity contribution in [3.05, 3.63) is 18.0 Å². The number of hydrogen-bond acceptors (Lipinski definition) is 3. The van der Waals surface area contributed by atoms with Crippen LogP contribution in [0.25, 0.3) is 0 Å². The zero-order valence-corrected chi connectivity index (χ0v) is 13.7. The van der Waals surface area contributed by atoms with Crippen LogP contribution < -0.4 is 0 Å². The van der Waals surface area contributed by atoms with Gasteiger partial charge in [-0.15, -0.1) is 0 Å². The van der Waals surface area contributed by atoms with E-state index >= 15 is 0 Å². The predicted octanol–water partition coefficient (Wildman–Crippen LogP) is 2.37. The Morgan fingerprint density at radius 3 is 2.45 bits per heavy atom. The Kier molecular flexibility index (Phi) is 6.23. The van der Waals surface area contributed by atoms with Crippen LogP contribution in [0.15, 0.2) is 17.2 Å². The summed E-state index contributed by atoms with van der Waals surface area (Å²) in [4.78, 5) is 0.259. The van der Waals surface area contributed by atoms with Gasteiger partial charge in [-0.1, -0.05) is 19.8 Å². The standard InChI is InChI=1S/C14H26N2O3S/c1-5-6-7-8-15(4)20(18,19)14-9-13(11-17)16(10-14)12(2)3/h9-10,12,17H,5-8,11H2,1-4H3. The number of aliphatic hydroxyl groups is 1. The molecule has 0 spiro atoms. The second-order valence-corrected chi connectivity index (χ2v) is 7.40. The molecule has 0 aliphatic carbocycles. The molecule has 0 radical (unpaired) electrons. The maximum atomic E-state index is 12.5. The monoisotopic (exact) mass is 302 g/mol. The average molecular weight is 302 g/mol. The van der Waals surface area contributed by atoms with E-state index in [0.29, 0.717) is 12.2 Å². The Morgan fingerprint density at radius 2 is 2.00 bits per heavy atom. The van der Waals surface area contributed by atoms with Crippen molar-refractivity contribution in [3.63, 3.8) is 0 Å². The molecule has 1 aromatic rings. The summed E-state index contributed by atoms with van der Waals surface area (Å²) in [5.41, 5.74) is 0.625. The molecule has 5 nitrogen and oxygen atoms in total. The minimum Gasteiger partial charge on any atom is -0.390 e. The number of aliphatic hydroxyl groups excluding tert-OH is 1. The first-order valence-corrected chi connectivity index (χ1v) is 8.56. The third-order valence-electron chi connectivity index (χ3n) is 3.41. The van der Waals surface area contributed by atoms with Crippen LogP contribution >= 0.6 is 0 Å². The predicted molar refractivity (Wildman–Crippen MR) is 80.1 cm³/mol. The van der Waals surface area contributed by atoms with E-state index in [1.165, 1.54) is 4.31 Å². The van der Waals surface area contributed by atoms with Crippen LogP contribution in [0, 0.1) is 0 Å². The average Bonchev–Trinajstić information content (AvgIpc) is 2.83. The molecular formula is C14H26N2O3S. The Balaban J connectivity index is 2.97. The molecule has 6 heteroatoms. The van der Waals surface area contributed by atoms with Crippen molar-refractivity contribution >= 4 is 10.0 Å². The molecule has 0 aliphatic rings. The first kappa shape index (κ1) is 17.2. The van der Waals surface area contributed by atoms with E-state index in [-0.39, 0.29) is 17.5 Å². The van der Waals surface area contributed by atoms with Gasteiger partial charge < -0.3 is 9.67 Å². The summed E-state index contributed by atoms with van der Waals surface area (Å²) in [5.74, 6) is 0. The minimum atomic E-state index is -3.46. The highest BCUT2D eigenvalue weighted by molar-refractivity contribution is 7.89. The normalized spacial score (nSPS) is 12.6. The van der Waals surface area contributed by atoms with Crippen LogP contribution in [0.2, 0.25) is 0 Å². The molecular weight excluding hydrogens is 276 g/mol. The van der Waals surface area contributed by atoms with Crippen molar-refractivity contribution in [3.8, 4) is 0 Å². The Morgan fingerprint density at radius 1 is 1.35 bits per heavy atom. The molecule has 0 unspecified atom stereocenters. The molecule has 116 valence electrons. The maximum absolute atomic E-state index is 12.5. The quantitative estimate of drug-likeness (QED) is 0.750. The minimum absolute atomic E-state index is 0.117. The van der Waals surface area contributed by atoms with Gasteiger partial charge in [0.2, 0.25) is 10.0 Å². The van der Waals surface area contributed by atoms with Crippen LogP contribution in [-0.4, -0.2) is 36.0 Å². The van der Waals surface area contributed by atoms with E-state index in [1.807, 2.05) is 13.8 Å². The van der Waals surface area contributed by atoms with Gasteiger partial charge in [0.15, 0.2) is 0 Å². The van der Waals surface area contributed by atoms with Crippen molar-refractivity contribution in [2.24, 2.45) is 0 Å². The van der Waals surface area contributed by atoms with Crippen molar-refractivity contribution in [1.29, 1.82) is 0 Å². The lowest BCUT2D eigenvalue weighted by molar-refractivity contribution is 0.268. The van der Waals surface area contributed by atoms with Gasteiger partial charge in [0.25, 0.3) is 0 Å². The van der Waals surface area contributed by atoms with Crippen molar-refractivity contribution in [2.75, 3.05) is 13.6 Å². The highest BCUT2D eigenvalue weighted by Crippen LogP contribution is 2.21. The molecule has 0 saturated heterocycles. The van der Waals surface area contributed by atoms with Crippen molar-refractivity contribution in [2.45, 2.75) is 57.6 Å². The molecule has 0 aliphatic heterocycles. The highest BCUT2D eigenvalue weighted by Gasteiger charge is 2.23. The SMILES string of the molecule is CCCCCN(C)S(=O)(=O)c1cc(CO)n(C(C)C)c1. The van der Waals surface area contributed by atoms with E-state index in [4.69, 9.17) is 0 Å². The number of aromatic nitrogens is 1. The van der Waals surface area contributed by atoms with Gasteiger partial charge in [-0.25, -0.2) is 12.7 Å². The summed E-state index contributed by atoms with van der Waals surface area (Å²) in [6.45, 7) is 6.37. The fourth-order valence-corrected chi connectivity index (χ4v) is 3.39. The summed E-state index contributed by atoms with van der Waals surface area (Å²) >= 11 is 0. The third-order valence-corrected chi connectivity index (χ3v) is 5.23. The molecule has 0 saturated carbocycles. The molecule has 0 amide bonds. The summed E-state index contributed by atoms with van der Waals surface area (Å²) in [6.07, 6.45) is 4.56. The fourth-order valence-electron chi connectivity index (χ4n) is 2.13. The number of sulfonamides is 1. The largest absolute Gasteiger partial charge is 0.390 e. The summed E-state index contributed by atoms with van der Waals surface area (Å²) in [6, 6.07) is 1.68. The number of hydrogen-bond donors (Lipinski definition) is 1. The Labute approximate surface area is 122 Å². The van der Waals surface area contributed by atoms with E-state index < -0.39 is 10.0 Å². The van der Waals surface area contributed by atoms with Gasteiger partial charge in [0, 0.05) is 31.5 Å². The van der Waals surface area contributed by atoms with E-state index in [0.717, 1.165) is 19.3 Å². The molecule has 20 heavy (non-hydrogen) atoms. The highest BCUT2D eigenvalue weighted by atomic mass is 32.2. The summed E-state index contributed by atoms with van der Waals surface area (Å²) in [7, 11) is -1.86. The topological polar surface area (TPSA) is 62.5 Å². The molecule has 0 aromatic carbocycles. The van der Waals surface area contributed by atoms with Gasteiger partial charge in [-0.05, 0) is 26.3 Å². The zero-order valence-electron chi connectivity index (χ0n) is 12.8. The second-order valence-electron chi connectivity index (χ2n) is 5.36. The molecule has 1 heterocycles. The van der Waals surface area contributed by atoms with Crippen LogP contribution in [0.3, 0.4) is 0 Å². The second kappa shape index (κ2) is 7.24. The van der Waals surface area contributed by atoms with E-state index in [9.17, 15) is 13.5 Å². The molecule has 0 fully saturated rings. The lowest BCUT2D eigenvalue weighted by atomic mass is 10.2. The van der Waals surface area contributed by atoms with Crippen LogP contribution in [0.1, 0.15) is 51.8 Å². The number of unbranched alkanes of at least 4 members (excludes halogenated alkanes) is 2. The Hall–Kier alpha value is -0.850. The lowest BCUT2D eigenvalue weighted by Crippen LogP contribution is -2.27. The first-order chi connectivity index (χ1) is 9.34. The van der Waals surface area contributed by atoms with E-state index in [2.05, 4.69) is 6.92 Å². The van der Waals surface area contributed by atoms with Crippen LogP contribution in [0.5, 0.6) is 0 Å². The number of rotatable bonds is 8. The maximum Gasteiger partial charge on any atom is 0.244 e. The fraction of sp³-hybridized carbons (Fsp3) is 0.714. The molecule has 0 atom stereocenters.